The molecule has 0 aromatic heterocycles. The van der Waals surface area contributed by atoms with Gasteiger partial charge >= 0.3 is 0 Å². The third-order valence-corrected chi connectivity index (χ3v) is 4.41. The molecule has 1 saturated heterocycles. The van der Waals surface area contributed by atoms with Gasteiger partial charge in [0.05, 0.1) is 0 Å². The first kappa shape index (κ1) is 18.9. The Morgan fingerprint density at radius 3 is 2.18 bits per heavy atom. The van der Waals surface area contributed by atoms with Crippen LogP contribution in [0.5, 0.6) is 0 Å². The molecule has 0 aliphatic carbocycles. The lowest BCUT2D eigenvalue weighted by Crippen LogP contribution is -2.55. The van der Waals surface area contributed by atoms with Gasteiger partial charge in [-0.1, -0.05) is 27.7 Å². The van der Waals surface area contributed by atoms with Gasteiger partial charge in [-0.25, -0.2) is 0 Å². The number of likely N-dealkylation sites (tertiary alicyclic amines) is 1. The Bertz CT molecular complexity index is 387. The average molecular weight is 311 g/mol. The van der Waals surface area contributed by atoms with E-state index >= 15 is 0 Å². The molecule has 0 spiro atoms. The van der Waals surface area contributed by atoms with E-state index in [1.54, 1.807) is 0 Å². The van der Waals surface area contributed by atoms with Crippen molar-refractivity contribution in [3.63, 3.8) is 0 Å². The normalized spacial score (nSPS) is 19.4. The molecule has 5 heteroatoms. The minimum absolute atomic E-state index is 0.00532. The summed E-state index contributed by atoms with van der Waals surface area (Å²) in [5.41, 5.74) is 5.52. The summed E-state index contributed by atoms with van der Waals surface area (Å²) in [6, 6.07) is 0. The maximum absolute atomic E-state index is 12.5. The summed E-state index contributed by atoms with van der Waals surface area (Å²) >= 11 is 0. The SMILES string of the molecule is CC(C)CC(C)(CN)NC(=O)C1CCN(C(=O)C(C)C)CC1. The highest BCUT2D eigenvalue weighted by atomic mass is 16.2. The molecular formula is C17H33N3O2. The van der Waals surface area contributed by atoms with Gasteiger partial charge in [0.2, 0.25) is 11.8 Å². The van der Waals surface area contributed by atoms with Crippen LogP contribution in [-0.4, -0.2) is 41.9 Å². The molecule has 0 aromatic rings. The first-order chi connectivity index (χ1) is 10.2. The van der Waals surface area contributed by atoms with Gasteiger partial charge in [-0.2, -0.15) is 0 Å². The van der Waals surface area contributed by atoms with Crippen molar-refractivity contribution >= 4 is 11.8 Å². The van der Waals surface area contributed by atoms with Gasteiger partial charge in [0.25, 0.3) is 0 Å². The van der Waals surface area contributed by atoms with Crippen molar-refractivity contribution in [3.05, 3.63) is 0 Å². The second-order valence-corrected chi connectivity index (χ2v) is 7.61. The lowest BCUT2D eigenvalue weighted by Gasteiger charge is -2.36. The zero-order valence-electron chi connectivity index (χ0n) is 14.8. The topological polar surface area (TPSA) is 75.4 Å². The van der Waals surface area contributed by atoms with Crippen molar-refractivity contribution < 1.29 is 9.59 Å². The number of piperidine rings is 1. The summed E-state index contributed by atoms with van der Waals surface area (Å²) in [6.45, 7) is 11.9. The molecular weight excluding hydrogens is 278 g/mol. The molecule has 1 atom stereocenters. The summed E-state index contributed by atoms with van der Waals surface area (Å²) < 4.78 is 0. The summed E-state index contributed by atoms with van der Waals surface area (Å²) in [5.74, 6) is 0.779. The summed E-state index contributed by atoms with van der Waals surface area (Å²) in [7, 11) is 0. The molecule has 128 valence electrons. The Morgan fingerprint density at radius 2 is 1.77 bits per heavy atom. The molecule has 1 aliphatic heterocycles. The van der Waals surface area contributed by atoms with E-state index in [1.807, 2.05) is 25.7 Å². The van der Waals surface area contributed by atoms with E-state index in [0.29, 0.717) is 25.6 Å². The fourth-order valence-corrected chi connectivity index (χ4v) is 3.21. The molecule has 1 fully saturated rings. The molecule has 5 nitrogen and oxygen atoms in total. The minimum atomic E-state index is -0.337. The van der Waals surface area contributed by atoms with Crippen molar-refractivity contribution in [1.82, 2.24) is 10.2 Å². The summed E-state index contributed by atoms with van der Waals surface area (Å²) in [5, 5.41) is 3.14. The number of nitrogens with one attached hydrogen (secondary N) is 1. The lowest BCUT2D eigenvalue weighted by atomic mass is 9.88. The predicted octanol–water partition coefficient (Wildman–Crippen LogP) is 1.76. The van der Waals surface area contributed by atoms with Crippen LogP contribution in [0.25, 0.3) is 0 Å². The number of carbonyl (C=O) groups excluding carboxylic acids is 2. The average Bonchev–Trinajstić information content (AvgIpc) is 2.45. The van der Waals surface area contributed by atoms with E-state index in [2.05, 4.69) is 19.2 Å². The van der Waals surface area contributed by atoms with Crippen LogP contribution in [0.1, 0.15) is 53.9 Å². The molecule has 2 amide bonds. The molecule has 1 aliphatic rings. The van der Waals surface area contributed by atoms with Gasteiger partial charge in [0.15, 0.2) is 0 Å². The standard InChI is InChI=1S/C17H33N3O2/c1-12(2)10-17(5,11-18)19-15(21)14-6-8-20(9-7-14)16(22)13(3)4/h12-14H,6-11,18H2,1-5H3,(H,19,21). The van der Waals surface area contributed by atoms with Gasteiger partial charge < -0.3 is 16.0 Å². The van der Waals surface area contributed by atoms with E-state index in [0.717, 1.165) is 19.3 Å². The Hall–Kier alpha value is -1.10. The van der Waals surface area contributed by atoms with Gasteiger partial charge in [0, 0.05) is 37.0 Å². The highest BCUT2D eigenvalue weighted by molar-refractivity contribution is 5.81. The van der Waals surface area contributed by atoms with Crippen LogP contribution >= 0.6 is 0 Å². The first-order valence-corrected chi connectivity index (χ1v) is 8.49. The van der Waals surface area contributed by atoms with Crippen LogP contribution in [0.15, 0.2) is 0 Å². The number of nitrogens with two attached hydrogens (primary N) is 1. The second-order valence-electron chi connectivity index (χ2n) is 7.61. The molecule has 0 aromatic carbocycles. The monoisotopic (exact) mass is 311 g/mol. The van der Waals surface area contributed by atoms with E-state index in [9.17, 15) is 9.59 Å². The van der Waals surface area contributed by atoms with E-state index in [-0.39, 0.29) is 29.2 Å². The molecule has 1 rings (SSSR count). The van der Waals surface area contributed by atoms with Gasteiger partial charge in [-0.15, -0.1) is 0 Å². The zero-order valence-corrected chi connectivity index (χ0v) is 14.8. The number of amides is 2. The predicted molar refractivity (Wildman–Crippen MR) is 89.2 cm³/mol. The zero-order chi connectivity index (χ0) is 16.9. The smallest absolute Gasteiger partial charge is 0.225 e. The molecule has 0 radical (unpaired) electrons. The van der Waals surface area contributed by atoms with Crippen LogP contribution in [0.4, 0.5) is 0 Å². The number of nitrogens with zero attached hydrogens (tertiary/aromatic N) is 1. The number of hydrogen-bond acceptors (Lipinski definition) is 3. The van der Waals surface area contributed by atoms with Crippen LogP contribution in [0.2, 0.25) is 0 Å². The second kappa shape index (κ2) is 7.95. The van der Waals surface area contributed by atoms with Crippen molar-refractivity contribution in [2.45, 2.75) is 59.4 Å². The van der Waals surface area contributed by atoms with Gasteiger partial charge in [0.1, 0.15) is 0 Å². The Labute approximate surface area is 135 Å². The molecule has 3 N–H and O–H groups in total. The number of hydrogen-bond donors (Lipinski definition) is 2. The van der Waals surface area contributed by atoms with Crippen LogP contribution in [0, 0.1) is 17.8 Å². The fraction of sp³-hybridized carbons (Fsp3) is 0.882. The molecule has 22 heavy (non-hydrogen) atoms. The highest BCUT2D eigenvalue weighted by Gasteiger charge is 2.32. The maximum atomic E-state index is 12.5. The quantitative estimate of drug-likeness (QED) is 0.785. The van der Waals surface area contributed by atoms with Crippen molar-refractivity contribution in [2.75, 3.05) is 19.6 Å². The Kier molecular flexibility index (Phi) is 6.85. The molecule has 1 heterocycles. The largest absolute Gasteiger partial charge is 0.349 e. The molecule has 0 bridgehead atoms. The minimum Gasteiger partial charge on any atom is -0.349 e. The van der Waals surface area contributed by atoms with Crippen LogP contribution in [0.3, 0.4) is 0 Å². The van der Waals surface area contributed by atoms with E-state index in [1.165, 1.54) is 0 Å². The first-order valence-electron chi connectivity index (χ1n) is 8.49. The Morgan fingerprint density at radius 1 is 1.23 bits per heavy atom. The van der Waals surface area contributed by atoms with Crippen molar-refractivity contribution in [1.29, 1.82) is 0 Å². The van der Waals surface area contributed by atoms with Crippen LogP contribution in [-0.2, 0) is 9.59 Å². The maximum Gasteiger partial charge on any atom is 0.225 e. The van der Waals surface area contributed by atoms with Gasteiger partial charge in [-0.3, -0.25) is 9.59 Å². The van der Waals surface area contributed by atoms with Crippen molar-refractivity contribution in [3.8, 4) is 0 Å². The van der Waals surface area contributed by atoms with Crippen molar-refractivity contribution in [2.24, 2.45) is 23.5 Å². The van der Waals surface area contributed by atoms with E-state index in [4.69, 9.17) is 5.73 Å². The fourth-order valence-electron chi connectivity index (χ4n) is 3.21. The third-order valence-electron chi connectivity index (χ3n) is 4.41. The Balaban J connectivity index is 2.53. The highest BCUT2D eigenvalue weighted by Crippen LogP contribution is 2.22. The van der Waals surface area contributed by atoms with E-state index < -0.39 is 0 Å². The molecule has 1 unspecified atom stereocenters. The number of carbonyl (C=O) groups is 2. The summed E-state index contributed by atoms with van der Waals surface area (Å²) in [4.78, 5) is 26.4. The number of rotatable bonds is 6. The third kappa shape index (κ3) is 5.27. The summed E-state index contributed by atoms with van der Waals surface area (Å²) in [6.07, 6.45) is 2.36. The lowest BCUT2D eigenvalue weighted by molar-refractivity contribution is -0.138. The van der Waals surface area contributed by atoms with Crippen LogP contribution < -0.4 is 11.1 Å². The van der Waals surface area contributed by atoms with Gasteiger partial charge in [-0.05, 0) is 32.1 Å². The molecule has 0 saturated carbocycles.